The number of ether oxygens (including phenoxy) is 1. The van der Waals surface area contributed by atoms with Gasteiger partial charge in [0.2, 0.25) is 0 Å². The SMILES string of the molecule is C1CCOC1.c1cc2cccc3c4cccc5cccc(c(c1)c23)c54. The van der Waals surface area contributed by atoms with Crippen molar-refractivity contribution in [1.82, 2.24) is 0 Å². The topological polar surface area (TPSA) is 9.23 Å². The van der Waals surface area contributed by atoms with Gasteiger partial charge in [-0.15, -0.1) is 0 Å². The van der Waals surface area contributed by atoms with Crippen molar-refractivity contribution < 1.29 is 4.74 Å². The van der Waals surface area contributed by atoms with Gasteiger partial charge in [0.05, 0.1) is 0 Å². The Hall–Kier alpha value is -2.64. The lowest BCUT2D eigenvalue weighted by Crippen LogP contribution is -1.85. The fraction of sp³-hybridized carbons (Fsp3) is 0.167. The first kappa shape index (κ1) is 14.7. The molecule has 1 aliphatic heterocycles. The van der Waals surface area contributed by atoms with E-state index in [-0.39, 0.29) is 0 Å². The average molecular weight is 324 g/mol. The number of rotatable bonds is 0. The maximum Gasteiger partial charge on any atom is 0.0466 e. The van der Waals surface area contributed by atoms with Gasteiger partial charge in [0.1, 0.15) is 0 Å². The summed E-state index contributed by atoms with van der Waals surface area (Å²) in [6.07, 6.45) is 2.56. The molecule has 0 aromatic heterocycles. The molecule has 0 bridgehead atoms. The van der Waals surface area contributed by atoms with Crippen LogP contribution < -0.4 is 0 Å². The molecule has 122 valence electrons. The van der Waals surface area contributed by atoms with Gasteiger partial charge in [-0.1, -0.05) is 72.8 Å². The number of hydrogen-bond acceptors (Lipinski definition) is 1. The molecule has 0 unspecified atom stereocenters. The molecular formula is C24H20O. The van der Waals surface area contributed by atoms with Crippen molar-refractivity contribution in [3.8, 4) is 0 Å². The molecule has 1 fully saturated rings. The maximum atomic E-state index is 4.94. The van der Waals surface area contributed by atoms with Crippen molar-refractivity contribution in [2.45, 2.75) is 12.8 Å². The van der Waals surface area contributed by atoms with E-state index in [1.807, 2.05) is 0 Å². The molecule has 0 spiro atoms. The molecule has 0 radical (unpaired) electrons. The summed E-state index contributed by atoms with van der Waals surface area (Å²) in [5.41, 5.74) is 0. The summed E-state index contributed by atoms with van der Waals surface area (Å²) in [5.74, 6) is 0. The predicted octanol–water partition coefficient (Wildman–Crippen LogP) is 6.53. The van der Waals surface area contributed by atoms with Crippen LogP contribution in [0, 0.1) is 0 Å². The molecule has 1 heteroatoms. The van der Waals surface area contributed by atoms with Crippen LogP contribution in [0.1, 0.15) is 12.8 Å². The standard InChI is InChI=1S/C20H12.C4H8O/c1-5-13-6-2-11-17-18-12-4-8-14-7-3-10-16(20(14)18)15(9-1)19(13)17;1-2-4-5-3-1/h1-12H;1-4H2. The number of fused-ring (bicyclic) bond motifs is 2. The second-order valence-corrected chi connectivity index (χ2v) is 6.74. The first-order chi connectivity index (χ1) is 12.4. The lowest BCUT2D eigenvalue weighted by Gasteiger charge is -2.13. The first-order valence-electron chi connectivity index (χ1n) is 9.05. The van der Waals surface area contributed by atoms with Crippen molar-refractivity contribution in [3.05, 3.63) is 72.8 Å². The molecule has 5 aromatic carbocycles. The van der Waals surface area contributed by atoms with Gasteiger partial charge in [-0.25, -0.2) is 0 Å². The second kappa shape index (κ2) is 6.02. The van der Waals surface area contributed by atoms with E-state index in [9.17, 15) is 0 Å². The molecule has 6 rings (SSSR count). The zero-order valence-electron chi connectivity index (χ0n) is 14.2. The van der Waals surface area contributed by atoms with Crippen molar-refractivity contribution in [2.75, 3.05) is 13.2 Å². The summed E-state index contributed by atoms with van der Waals surface area (Å²) < 4.78 is 4.94. The van der Waals surface area contributed by atoms with Crippen LogP contribution >= 0.6 is 0 Å². The van der Waals surface area contributed by atoms with Gasteiger partial charge in [0.15, 0.2) is 0 Å². The van der Waals surface area contributed by atoms with E-state index in [1.165, 1.54) is 55.9 Å². The zero-order chi connectivity index (χ0) is 16.6. The Bertz CT molecular complexity index is 991. The summed E-state index contributed by atoms with van der Waals surface area (Å²) in [7, 11) is 0. The van der Waals surface area contributed by atoms with E-state index in [0.717, 1.165) is 13.2 Å². The molecular weight excluding hydrogens is 304 g/mol. The summed E-state index contributed by atoms with van der Waals surface area (Å²) in [6.45, 7) is 2.00. The highest BCUT2D eigenvalue weighted by Gasteiger charge is 2.11. The van der Waals surface area contributed by atoms with Crippen LogP contribution in [0.4, 0.5) is 0 Å². The highest BCUT2D eigenvalue weighted by Crippen LogP contribution is 2.39. The largest absolute Gasteiger partial charge is 0.381 e. The van der Waals surface area contributed by atoms with Crippen LogP contribution in [0.2, 0.25) is 0 Å². The van der Waals surface area contributed by atoms with Crippen LogP contribution in [-0.2, 0) is 4.74 Å². The highest BCUT2D eigenvalue weighted by molar-refractivity contribution is 6.32. The molecule has 25 heavy (non-hydrogen) atoms. The third-order valence-corrected chi connectivity index (χ3v) is 5.22. The summed E-state index contributed by atoms with van der Waals surface area (Å²) >= 11 is 0. The van der Waals surface area contributed by atoms with Gasteiger partial charge >= 0.3 is 0 Å². The Morgan fingerprint density at radius 3 is 1.12 bits per heavy atom. The lowest BCUT2D eigenvalue weighted by molar-refractivity contribution is 0.198. The smallest absolute Gasteiger partial charge is 0.0466 e. The van der Waals surface area contributed by atoms with Gasteiger partial charge in [-0.2, -0.15) is 0 Å². The van der Waals surface area contributed by atoms with E-state index in [0.29, 0.717) is 0 Å². The molecule has 1 aliphatic rings. The fourth-order valence-corrected chi connectivity index (χ4v) is 4.09. The summed E-state index contributed by atoms with van der Waals surface area (Å²) in [4.78, 5) is 0. The van der Waals surface area contributed by atoms with Gasteiger partial charge in [-0.3, -0.25) is 0 Å². The van der Waals surface area contributed by atoms with E-state index >= 15 is 0 Å². The highest BCUT2D eigenvalue weighted by atomic mass is 16.5. The molecule has 5 aromatic rings. The van der Waals surface area contributed by atoms with Crippen LogP contribution in [0.5, 0.6) is 0 Å². The van der Waals surface area contributed by atoms with Crippen LogP contribution in [-0.4, -0.2) is 13.2 Å². The fourth-order valence-electron chi connectivity index (χ4n) is 4.09. The van der Waals surface area contributed by atoms with Crippen molar-refractivity contribution in [2.24, 2.45) is 0 Å². The first-order valence-corrected chi connectivity index (χ1v) is 9.05. The minimum atomic E-state index is 1.00. The Labute approximate surface area is 147 Å². The van der Waals surface area contributed by atoms with E-state index in [1.54, 1.807) is 0 Å². The van der Waals surface area contributed by atoms with Crippen LogP contribution in [0.3, 0.4) is 0 Å². The normalized spacial score (nSPS) is 14.4. The molecule has 0 aliphatic carbocycles. The third kappa shape index (κ3) is 2.35. The van der Waals surface area contributed by atoms with Crippen molar-refractivity contribution in [3.63, 3.8) is 0 Å². The minimum absolute atomic E-state index is 1.00. The molecule has 1 nitrogen and oxygen atoms in total. The van der Waals surface area contributed by atoms with Crippen molar-refractivity contribution in [1.29, 1.82) is 0 Å². The Balaban J connectivity index is 0.000000244. The van der Waals surface area contributed by atoms with Crippen LogP contribution in [0.15, 0.2) is 72.8 Å². The number of hydrogen-bond donors (Lipinski definition) is 0. The zero-order valence-corrected chi connectivity index (χ0v) is 14.2. The van der Waals surface area contributed by atoms with Crippen molar-refractivity contribution >= 4 is 43.1 Å². The number of benzene rings is 5. The van der Waals surface area contributed by atoms with E-state index in [2.05, 4.69) is 72.8 Å². The minimum Gasteiger partial charge on any atom is -0.381 e. The third-order valence-electron chi connectivity index (χ3n) is 5.22. The predicted molar refractivity (Wildman–Crippen MR) is 108 cm³/mol. The maximum absolute atomic E-state index is 4.94. The second-order valence-electron chi connectivity index (χ2n) is 6.74. The van der Waals surface area contributed by atoms with Gasteiger partial charge in [0, 0.05) is 13.2 Å². The molecule has 0 atom stereocenters. The van der Waals surface area contributed by atoms with E-state index in [4.69, 9.17) is 4.74 Å². The van der Waals surface area contributed by atoms with Gasteiger partial charge < -0.3 is 4.74 Å². The Morgan fingerprint density at radius 1 is 0.480 bits per heavy atom. The van der Waals surface area contributed by atoms with E-state index < -0.39 is 0 Å². The lowest BCUT2D eigenvalue weighted by atomic mass is 9.90. The molecule has 0 saturated carbocycles. The molecule has 1 heterocycles. The van der Waals surface area contributed by atoms with Crippen LogP contribution in [0.25, 0.3) is 43.1 Å². The Morgan fingerprint density at radius 2 is 0.840 bits per heavy atom. The van der Waals surface area contributed by atoms with Gasteiger partial charge in [0.25, 0.3) is 0 Å². The summed E-state index contributed by atoms with van der Waals surface area (Å²) in [6, 6.07) is 26.4. The molecule has 1 saturated heterocycles. The quantitative estimate of drug-likeness (QED) is 0.232. The molecule has 0 amide bonds. The van der Waals surface area contributed by atoms with Gasteiger partial charge in [-0.05, 0) is 55.9 Å². The summed E-state index contributed by atoms with van der Waals surface area (Å²) in [5, 5.41) is 10.9. The molecule has 0 N–H and O–H groups in total. The average Bonchev–Trinajstić information content (AvgIpc) is 3.26. The monoisotopic (exact) mass is 324 g/mol. The Kier molecular flexibility index (Phi) is 3.53.